The summed E-state index contributed by atoms with van der Waals surface area (Å²) in [6, 6.07) is 3.70. The highest BCUT2D eigenvalue weighted by atomic mass is 32.2. The summed E-state index contributed by atoms with van der Waals surface area (Å²) in [6.45, 7) is 1.43. The van der Waals surface area contributed by atoms with Crippen molar-refractivity contribution < 1.29 is 4.79 Å². The lowest BCUT2D eigenvalue weighted by atomic mass is 10.4. The molecule has 0 aromatic carbocycles. The van der Waals surface area contributed by atoms with Crippen LogP contribution in [0.2, 0.25) is 0 Å². The van der Waals surface area contributed by atoms with E-state index in [-0.39, 0.29) is 5.91 Å². The van der Waals surface area contributed by atoms with Gasteiger partial charge in [0.2, 0.25) is 11.0 Å². The molecular formula is C11H8N6OS2. The van der Waals surface area contributed by atoms with Gasteiger partial charge in [0.05, 0.1) is 0 Å². The molecule has 9 heteroatoms. The smallest absolute Gasteiger partial charge is 0.223 e. The van der Waals surface area contributed by atoms with Crippen molar-refractivity contribution in [3.63, 3.8) is 0 Å². The second kappa shape index (κ2) is 5.47. The highest BCUT2D eigenvalue weighted by Crippen LogP contribution is 2.31. The van der Waals surface area contributed by atoms with Crippen LogP contribution in [0.25, 0.3) is 11.2 Å². The molecule has 3 aromatic heterocycles. The number of amides is 1. The summed E-state index contributed by atoms with van der Waals surface area (Å²) in [6.07, 6.45) is 3.23. The fourth-order valence-electron chi connectivity index (χ4n) is 1.44. The van der Waals surface area contributed by atoms with Gasteiger partial charge in [-0.3, -0.25) is 9.78 Å². The molecular weight excluding hydrogens is 296 g/mol. The first-order valence-corrected chi connectivity index (χ1v) is 7.21. The highest BCUT2D eigenvalue weighted by Gasteiger charge is 2.08. The molecule has 0 aliphatic carbocycles. The first-order valence-electron chi connectivity index (χ1n) is 5.57. The van der Waals surface area contributed by atoms with E-state index >= 15 is 0 Å². The van der Waals surface area contributed by atoms with E-state index in [1.807, 2.05) is 12.1 Å². The summed E-state index contributed by atoms with van der Waals surface area (Å²) in [5.74, 6) is -0.170. The molecule has 0 aliphatic rings. The number of nitrogens with zero attached hydrogens (tertiary/aromatic N) is 5. The number of nitrogens with one attached hydrogen (secondary N) is 1. The number of hydrogen-bond acceptors (Lipinski definition) is 8. The molecule has 0 atom stereocenters. The molecule has 20 heavy (non-hydrogen) atoms. The summed E-state index contributed by atoms with van der Waals surface area (Å²) < 4.78 is 0.699. The standard InChI is InChI=1S/C11H8N6OS2/c1-6(18)14-10-16-17-11(20-10)19-8-3-2-7-9(15-8)13-5-4-12-7/h2-5H,1H3,(H,14,16,18). The molecule has 0 spiro atoms. The molecule has 0 saturated carbocycles. The van der Waals surface area contributed by atoms with Crippen molar-refractivity contribution in [1.29, 1.82) is 0 Å². The van der Waals surface area contributed by atoms with E-state index in [9.17, 15) is 4.79 Å². The maximum Gasteiger partial charge on any atom is 0.223 e. The first-order chi connectivity index (χ1) is 9.70. The number of pyridine rings is 1. The van der Waals surface area contributed by atoms with Crippen molar-refractivity contribution in [2.45, 2.75) is 16.3 Å². The van der Waals surface area contributed by atoms with Crippen molar-refractivity contribution in [2.24, 2.45) is 0 Å². The monoisotopic (exact) mass is 304 g/mol. The Balaban J connectivity index is 1.81. The minimum Gasteiger partial charge on any atom is -0.301 e. The van der Waals surface area contributed by atoms with Crippen molar-refractivity contribution in [3.8, 4) is 0 Å². The van der Waals surface area contributed by atoms with E-state index in [0.717, 1.165) is 10.5 Å². The van der Waals surface area contributed by atoms with Crippen LogP contribution in [0.5, 0.6) is 0 Å². The maximum absolute atomic E-state index is 10.9. The molecule has 0 radical (unpaired) electrons. The zero-order valence-electron chi connectivity index (χ0n) is 10.3. The summed E-state index contributed by atoms with van der Waals surface area (Å²) in [4.78, 5) is 23.6. The Kier molecular flexibility index (Phi) is 3.52. The minimum atomic E-state index is -0.170. The van der Waals surface area contributed by atoms with E-state index in [2.05, 4.69) is 30.5 Å². The lowest BCUT2D eigenvalue weighted by Gasteiger charge is -1.98. The Morgan fingerprint density at radius 3 is 2.95 bits per heavy atom. The fraction of sp³-hybridized carbons (Fsp3) is 0.0909. The fourth-order valence-corrected chi connectivity index (χ4v) is 3.15. The number of fused-ring (bicyclic) bond motifs is 1. The number of hydrogen-bond donors (Lipinski definition) is 1. The van der Waals surface area contributed by atoms with Gasteiger partial charge >= 0.3 is 0 Å². The minimum absolute atomic E-state index is 0.170. The third-order valence-corrected chi connectivity index (χ3v) is 4.01. The first kappa shape index (κ1) is 12.9. The summed E-state index contributed by atoms with van der Waals surface area (Å²) in [5, 5.41) is 11.7. The van der Waals surface area contributed by atoms with Crippen LogP contribution in [-0.4, -0.2) is 31.1 Å². The second-order valence-electron chi connectivity index (χ2n) is 3.70. The van der Waals surface area contributed by atoms with Crippen molar-refractivity contribution in [2.75, 3.05) is 5.32 Å². The molecule has 7 nitrogen and oxygen atoms in total. The molecule has 3 aromatic rings. The molecule has 0 saturated heterocycles. The van der Waals surface area contributed by atoms with Gasteiger partial charge in [-0.2, -0.15) is 0 Å². The molecule has 0 unspecified atom stereocenters. The Hall–Kier alpha value is -2.13. The van der Waals surface area contributed by atoms with Gasteiger partial charge in [0.25, 0.3) is 0 Å². The van der Waals surface area contributed by atoms with Crippen molar-refractivity contribution in [3.05, 3.63) is 24.5 Å². The van der Waals surface area contributed by atoms with Gasteiger partial charge < -0.3 is 5.32 Å². The number of rotatable bonds is 3. The lowest BCUT2D eigenvalue weighted by molar-refractivity contribution is -0.114. The van der Waals surface area contributed by atoms with Crippen LogP contribution in [0.15, 0.2) is 33.9 Å². The number of carbonyl (C=O) groups excluding carboxylic acids is 1. The summed E-state index contributed by atoms with van der Waals surface area (Å²) in [7, 11) is 0. The molecule has 100 valence electrons. The quantitative estimate of drug-likeness (QED) is 0.739. The number of carbonyl (C=O) groups is 1. The van der Waals surface area contributed by atoms with E-state index in [0.29, 0.717) is 15.1 Å². The van der Waals surface area contributed by atoms with Crippen LogP contribution in [0, 0.1) is 0 Å². The SMILES string of the molecule is CC(=O)Nc1nnc(Sc2ccc3nccnc3n2)s1. The van der Waals surface area contributed by atoms with Gasteiger partial charge in [-0.05, 0) is 23.9 Å². The van der Waals surface area contributed by atoms with Gasteiger partial charge in [-0.1, -0.05) is 11.3 Å². The van der Waals surface area contributed by atoms with Crippen LogP contribution < -0.4 is 5.32 Å². The average Bonchev–Trinajstić information content (AvgIpc) is 2.85. The van der Waals surface area contributed by atoms with Gasteiger partial charge in [-0.25, -0.2) is 9.97 Å². The van der Waals surface area contributed by atoms with Gasteiger partial charge in [-0.15, -0.1) is 10.2 Å². The third kappa shape index (κ3) is 2.89. The van der Waals surface area contributed by atoms with Crippen LogP contribution in [0.4, 0.5) is 5.13 Å². The molecule has 0 fully saturated rings. The Morgan fingerprint density at radius 1 is 1.25 bits per heavy atom. The zero-order chi connectivity index (χ0) is 13.9. The highest BCUT2D eigenvalue weighted by molar-refractivity contribution is 8.01. The average molecular weight is 304 g/mol. The largest absolute Gasteiger partial charge is 0.301 e. The molecule has 1 N–H and O–H groups in total. The molecule has 1 amide bonds. The van der Waals surface area contributed by atoms with E-state index in [1.54, 1.807) is 12.4 Å². The number of anilines is 1. The molecule has 0 bridgehead atoms. The van der Waals surface area contributed by atoms with Crippen LogP contribution in [-0.2, 0) is 4.79 Å². The van der Waals surface area contributed by atoms with Crippen molar-refractivity contribution >= 4 is 45.3 Å². The summed E-state index contributed by atoms with van der Waals surface area (Å²) in [5.41, 5.74) is 1.33. The third-order valence-electron chi connectivity index (χ3n) is 2.19. The van der Waals surface area contributed by atoms with Gasteiger partial charge in [0.1, 0.15) is 10.5 Å². The molecule has 3 rings (SSSR count). The normalized spacial score (nSPS) is 10.7. The van der Waals surface area contributed by atoms with E-state index in [1.165, 1.54) is 30.0 Å². The molecule has 3 heterocycles. The Labute approximate surface area is 121 Å². The second-order valence-corrected chi connectivity index (χ2v) is 5.95. The van der Waals surface area contributed by atoms with Crippen LogP contribution in [0.1, 0.15) is 6.92 Å². The molecule has 0 aliphatic heterocycles. The topological polar surface area (TPSA) is 93.6 Å². The number of aromatic nitrogens is 5. The maximum atomic E-state index is 10.9. The predicted molar refractivity (Wildman–Crippen MR) is 75.7 cm³/mol. The van der Waals surface area contributed by atoms with E-state index in [4.69, 9.17) is 0 Å². The van der Waals surface area contributed by atoms with Gasteiger partial charge in [0, 0.05) is 19.3 Å². The van der Waals surface area contributed by atoms with Crippen LogP contribution >= 0.6 is 23.1 Å². The summed E-state index contributed by atoms with van der Waals surface area (Å²) >= 11 is 2.66. The zero-order valence-corrected chi connectivity index (χ0v) is 11.9. The predicted octanol–water partition coefficient (Wildman–Crippen LogP) is 1.99. The lowest BCUT2D eigenvalue weighted by Crippen LogP contribution is -2.04. The van der Waals surface area contributed by atoms with Gasteiger partial charge in [0.15, 0.2) is 9.99 Å². The Bertz CT molecular complexity index is 774. The van der Waals surface area contributed by atoms with E-state index < -0.39 is 0 Å². The Morgan fingerprint density at radius 2 is 2.10 bits per heavy atom. The van der Waals surface area contributed by atoms with Crippen molar-refractivity contribution in [1.82, 2.24) is 25.1 Å². The van der Waals surface area contributed by atoms with Crippen LogP contribution in [0.3, 0.4) is 0 Å².